The lowest BCUT2D eigenvalue weighted by molar-refractivity contribution is -0.135. The van der Waals surface area contributed by atoms with Crippen LogP contribution >= 0.6 is 0 Å². The van der Waals surface area contributed by atoms with Crippen LogP contribution in [-0.2, 0) is 4.79 Å². The van der Waals surface area contributed by atoms with E-state index in [0.717, 1.165) is 44.0 Å². The zero-order chi connectivity index (χ0) is 19.9. The van der Waals surface area contributed by atoms with E-state index in [2.05, 4.69) is 49.1 Å². The van der Waals surface area contributed by atoms with Gasteiger partial charge >= 0.3 is 0 Å². The fourth-order valence-corrected chi connectivity index (χ4v) is 3.40. The summed E-state index contributed by atoms with van der Waals surface area (Å²) in [6.07, 6.45) is 4.34. The molecule has 1 aliphatic heterocycles. The molecule has 4 heteroatoms. The third-order valence-electron chi connectivity index (χ3n) is 5.34. The Kier molecular flexibility index (Phi) is 6.88. The summed E-state index contributed by atoms with van der Waals surface area (Å²) in [5, 5.41) is 0. The van der Waals surface area contributed by atoms with E-state index in [1.165, 1.54) is 16.7 Å². The lowest BCUT2D eigenvalue weighted by atomic mass is 10.1. The van der Waals surface area contributed by atoms with Crippen LogP contribution in [0.5, 0.6) is 5.75 Å². The summed E-state index contributed by atoms with van der Waals surface area (Å²) < 4.78 is 5.81. The lowest BCUT2D eigenvalue weighted by Crippen LogP contribution is -2.49. The van der Waals surface area contributed by atoms with Gasteiger partial charge in [-0.15, -0.1) is 0 Å². The van der Waals surface area contributed by atoms with Crippen LogP contribution < -0.4 is 4.74 Å². The lowest BCUT2D eigenvalue weighted by Gasteiger charge is -2.34. The number of piperazine rings is 1. The molecule has 0 saturated carbocycles. The van der Waals surface area contributed by atoms with Crippen molar-refractivity contribution in [1.29, 1.82) is 0 Å². The molecule has 0 aliphatic carbocycles. The highest BCUT2D eigenvalue weighted by molar-refractivity contribution is 5.78. The molecule has 2 aromatic carbocycles. The maximum Gasteiger partial charge on any atom is 0.260 e. The van der Waals surface area contributed by atoms with E-state index in [0.29, 0.717) is 0 Å². The molecule has 2 aromatic rings. The molecule has 1 saturated heterocycles. The van der Waals surface area contributed by atoms with Crippen LogP contribution in [0.2, 0.25) is 0 Å². The number of hydrogen-bond acceptors (Lipinski definition) is 3. The number of hydrogen-bond donors (Lipinski definition) is 0. The van der Waals surface area contributed by atoms with E-state index in [-0.39, 0.29) is 12.5 Å². The number of amides is 1. The van der Waals surface area contributed by atoms with Gasteiger partial charge in [0.2, 0.25) is 0 Å². The van der Waals surface area contributed by atoms with Gasteiger partial charge in [-0.1, -0.05) is 48.6 Å². The van der Waals surface area contributed by atoms with E-state index >= 15 is 0 Å². The molecular weight excluding hydrogens is 348 g/mol. The van der Waals surface area contributed by atoms with Crippen molar-refractivity contribution in [2.75, 3.05) is 39.3 Å². The third kappa shape index (κ3) is 5.46. The Morgan fingerprint density at radius 1 is 0.964 bits per heavy atom. The normalized spacial score (nSPS) is 15.2. The largest absolute Gasteiger partial charge is 0.483 e. The zero-order valence-corrected chi connectivity index (χ0v) is 17.1. The van der Waals surface area contributed by atoms with Gasteiger partial charge < -0.3 is 9.64 Å². The van der Waals surface area contributed by atoms with E-state index in [1.54, 1.807) is 0 Å². The Hall–Kier alpha value is -2.59. The second-order valence-corrected chi connectivity index (χ2v) is 7.49. The molecule has 4 nitrogen and oxygen atoms in total. The maximum atomic E-state index is 12.5. The number of carbonyl (C=O) groups excluding carboxylic acids is 1. The Labute approximate surface area is 168 Å². The Morgan fingerprint density at radius 3 is 2.36 bits per heavy atom. The van der Waals surface area contributed by atoms with Crippen LogP contribution in [0, 0.1) is 20.8 Å². The number of benzene rings is 2. The van der Waals surface area contributed by atoms with Crippen LogP contribution in [0.15, 0.2) is 48.5 Å². The first-order chi connectivity index (χ1) is 13.5. The predicted octanol–water partition coefficient (Wildman–Crippen LogP) is 3.85. The van der Waals surface area contributed by atoms with Crippen molar-refractivity contribution in [2.45, 2.75) is 20.8 Å². The quantitative estimate of drug-likeness (QED) is 0.765. The molecule has 0 spiro atoms. The second-order valence-electron chi connectivity index (χ2n) is 7.49. The van der Waals surface area contributed by atoms with Gasteiger partial charge in [0.1, 0.15) is 5.75 Å². The summed E-state index contributed by atoms with van der Waals surface area (Å²) in [4.78, 5) is 16.8. The minimum atomic E-state index is 0.0668. The van der Waals surface area contributed by atoms with E-state index in [4.69, 9.17) is 4.74 Å². The van der Waals surface area contributed by atoms with E-state index in [1.807, 2.05) is 36.1 Å². The third-order valence-corrected chi connectivity index (χ3v) is 5.34. The van der Waals surface area contributed by atoms with Gasteiger partial charge in [-0.2, -0.15) is 0 Å². The minimum absolute atomic E-state index is 0.0668. The predicted molar refractivity (Wildman–Crippen MR) is 115 cm³/mol. The van der Waals surface area contributed by atoms with Crippen molar-refractivity contribution < 1.29 is 9.53 Å². The first-order valence-corrected chi connectivity index (χ1v) is 9.95. The molecule has 1 fully saturated rings. The van der Waals surface area contributed by atoms with Gasteiger partial charge in [-0.25, -0.2) is 0 Å². The van der Waals surface area contributed by atoms with Gasteiger partial charge in [-0.3, -0.25) is 9.69 Å². The van der Waals surface area contributed by atoms with Gasteiger partial charge in [0.05, 0.1) is 0 Å². The monoisotopic (exact) mass is 378 g/mol. The molecule has 148 valence electrons. The van der Waals surface area contributed by atoms with Gasteiger partial charge in [-0.05, 0) is 49.1 Å². The zero-order valence-electron chi connectivity index (χ0n) is 17.1. The van der Waals surface area contributed by atoms with Crippen molar-refractivity contribution in [3.8, 4) is 5.75 Å². The number of ether oxygens (including phenoxy) is 1. The molecule has 0 atom stereocenters. The smallest absolute Gasteiger partial charge is 0.260 e. The summed E-state index contributed by atoms with van der Waals surface area (Å²) in [5.41, 5.74) is 4.72. The molecule has 3 rings (SSSR count). The van der Waals surface area contributed by atoms with E-state index in [9.17, 15) is 4.79 Å². The fraction of sp³-hybridized carbons (Fsp3) is 0.375. The van der Waals surface area contributed by atoms with Crippen LogP contribution in [0.25, 0.3) is 6.08 Å². The number of nitrogens with zero attached hydrogens (tertiary/aromatic N) is 2. The average molecular weight is 379 g/mol. The van der Waals surface area contributed by atoms with Crippen molar-refractivity contribution in [3.63, 3.8) is 0 Å². The molecule has 28 heavy (non-hydrogen) atoms. The van der Waals surface area contributed by atoms with Crippen molar-refractivity contribution in [1.82, 2.24) is 9.80 Å². The van der Waals surface area contributed by atoms with Crippen molar-refractivity contribution in [2.24, 2.45) is 0 Å². The summed E-state index contributed by atoms with van der Waals surface area (Å²) in [7, 11) is 0. The Morgan fingerprint density at radius 2 is 1.64 bits per heavy atom. The minimum Gasteiger partial charge on any atom is -0.483 e. The molecule has 0 bridgehead atoms. The first kappa shape index (κ1) is 20.2. The molecule has 0 aromatic heterocycles. The fourth-order valence-electron chi connectivity index (χ4n) is 3.40. The number of aryl methyl sites for hydroxylation is 3. The summed E-state index contributed by atoms with van der Waals surface area (Å²) >= 11 is 0. The SMILES string of the molecule is Cc1cc(C)c(OCC(=O)N2CCN(C/C=C/c3ccccc3)CC2)cc1C. The highest BCUT2D eigenvalue weighted by atomic mass is 16.5. The van der Waals surface area contributed by atoms with Crippen LogP contribution in [0.1, 0.15) is 22.3 Å². The van der Waals surface area contributed by atoms with E-state index < -0.39 is 0 Å². The summed E-state index contributed by atoms with van der Waals surface area (Å²) in [6, 6.07) is 14.5. The Balaban J connectivity index is 1.42. The van der Waals surface area contributed by atoms with Gasteiger partial charge in [0.15, 0.2) is 6.61 Å². The second kappa shape index (κ2) is 9.56. The van der Waals surface area contributed by atoms with Gasteiger partial charge in [0, 0.05) is 32.7 Å². The van der Waals surface area contributed by atoms with Crippen molar-refractivity contribution in [3.05, 3.63) is 70.8 Å². The highest BCUT2D eigenvalue weighted by Gasteiger charge is 2.21. The molecule has 0 unspecified atom stereocenters. The molecule has 0 radical (unpaired) electrons. The molecule has 1 heterocycles. The summed E-state index contributed by atoms with van der Waals surface area (Å²) in [6.45, 7) is 10.5. The average Bonchev–Trinajstić information content (AvgIpc) is 2.71. The topological polar surface area (TPSA) is 32.8 Å². The molecule has 0 N–H and O–H groups in total. The summed E-state index contributed by atoms with van der Waals surface area (Å²) in [5.74, 6) is 0.873. The van der Waals surface area contributed by atoms with Crippen LogP contribution in [-0.4, -0.2) is 55.0 Å². The number of carbonyl (C=O) groups is 1. The van der Waals surface area contributed by atoms with Gasteiger partial charge in [0.25, 0.3) is 5.91 Å². The highest BCUT2D eigenvalue weighted by Crippen LogP contribution is 2.22. The molecular formula is C24H30N2O2. The molecule has 1 aliphatic rings. The Bertz CT molecular complexity index is 822. The maximum absolute atomic E-state index is 12.5. The van der Waals surface area contributed by atoms with Crippen molar-refractivity contribution >= 4 is 12.0 Å². The standard InChI is InChI=1S/C24H30N2O2/c1-19-16-21(3)23(17-20(19)2)28-18-24(27)26-14-12-25(13-15-26)11-7-10-22-8-5-4-6-9-22/h4-10,16-17H,11-15,18H2,1-3H3/b10-7+. The number of rotatable bonds is 6. The molecule has 1 amide bonds. The van der Waals surface area contributed by atoms with Crippen LogP contribution in [0.4, 0.5) is 0 Å². The van der Waals surface area contributed by atoms with Crippen LogP contribution in [0.3, 0.4) is 0 Å². The first-order valence-electron chi connectivity index (χ1n) is 9.95.